The Hall–Kier alpha value is -1.19. The first-order chi connectivity index (χ1) is 10.3. The van der Waals surface area contributed by atoms with E-state index >= 15 is 0 Å². The Balaban J connectivity index is 0.00000144. The average Bonchev–Trinajstić information content (AvgIpc) is 2.90. The van der Waals surface area contributed by atoms with Crippen LogP contribution in [0.2, 0.25) is 0 Å². The summed E-state index contributed by atoms with van der Waals surface area (Å²) in [4.78, 5) is 2.47. The van der Waals surface area contributed by atoms with E-state index in [4.69, 9.17) is 4.42 Å². The minimum atomic E-state index is 0. The van der Waals surface area contributed by atoms with Crippen LogP contribution in [0.5, 0.6) is 5.75 Å². The van der Waals surface area contributed by atoms with Crippen molar-refractivity contribution in [2.45, 2.75) is 51.5 Å². The number of likely N-dealkylation sites (tertiary alicyclic amines) is 1. The van der Waals surface area contributed by atoms with Gasteiger partial charge in [-0.3, -0.25) is 4.90 Å². The average molecular weight is 322 g/mol. The number of furan rings is 1. The second-order valence-electron chi connectivity index (χ2n) is 6.48. The molecule has 0 atom stereocenters. The lowest BCUT2D eigenvalue weighted by atomic mass is 9.93. The van der Waals surface area contributed by atoms with Crippen molar-refractivity contribution in [3.63, 3.8) is 0 Å². The van der Waals surface area contributed by atoms with Gasteiger partial charge in [0.25, 0.3) is 0 Å². The fourth-order valence-corrected chi connectivity index (χ4v) is 3.92. The van der Waals surface area contributed by atoms with Crippen molar-refractivity contribution in [2.75, 3.05) is 13.1 Å². The molecule has 22 heavy (non-hydrogen) atoms. The lowest BCUT2D eigenvalue weighted by molar-refractivity contribution is 0.219. The van der Waals surface area contributed by atoms with E-state index in [1.54, 1.807) is 6.07 Å². The molecule has 2 aromatic rings. The van der Waals surface area contributed by atoms with E-state index < -0.39 is 0 Å². The molecule has 0 amide bonds. The van der Waals surface area contributed by atoms with Crippen LogP contribution in [-0.2, 0) is 19.4 Å². The van der Waals surface area contributed by atoms with Crippen LogP contribution in [0.4, 0.5) is 0 Å². The fraction of sp³-hybridized carbons (Fsp3) is 0.556. The number of nitrogens with zero attached hydrogens (tertiary/aromatic N) is 1. The molecule has 0 spiro atoms. The third-order valence-electron chi connectivity index (χ3n) is 5.03. The van der Waals surface area contributed by atoms with Crippen LogP contribution in [-0.4, -0.2) is 23.1 Å². The molecule has 0 unspecified atom stereocenters. The largest absolute Gasteiger partial charge is 0.508 e. The number of aromatic hydroxyl groups is 1. The molecular weight excluding hydrogens is 298 g/mol. The Morgan fingerprint density at radius 3 is 2.59 bits per heavy atom. The van der Waals surface area contributed by atoms with Crippen LogP contribution < -0.4 is 0 Å². The van der Waals surface area contributed by atoms with Gasteiger partial charge in [0.15, 0.2) is 0 Å². The first-order valence-corrected chi connectivity index (χ1v) is 8.30. The van der Waals surface area contributed by atoms with E-state index in [1.165, 1.54) is 43.1 Å². The quantitative estimate of drug-likeness (QED) is 0.889. The Morgan fingerprint density at radius 1 is 1.00 bits per heavy atom. The predicted molar refractivity (Wildman–Crippen MR) is 90.9 cm³/mol. The van der Waals surface area contributed by atoms with Crippen LogP contribution >= 0.6 is 12.4 Å². The van der Waals surface area contributed by atoms with E-state index in [0.717, 1.165) is 49.4 Å². The van der Waals surface area contributed by atoms with E-state index in [1.807, 2.05) is 6.07 Å². The van der Waals surface area contributed by atoms with E-state index in [0.29, 0.717) is 5.75 Å². The van der Waals surface area contributed by atoms with E-state index in [9.17, 15) is 5.11 Å². The van der Waals surface area contributed by atoms with E-state index in [-0.39, 0.29) is 12.4 Å². The number of fused-ring (bicyclic) bond motifs is 3. The van der Waals surface area contributed by atoms with Gasteiger partial charge in [-0.05, 0) is 57.3 Å². The Morgan fingerprint density at radius 2 is 1.77 bits per heavy atom. The molecule has 1 aliphatic heterocycles. The summed E-state index contributed by atoms with van der Waals surface area (Å²) in [6.07, 6.45) is 8.50. The first-order valence-electron chi connectivity index (χ1n) is 8.30. The van der Waals surface area contributed by atoms with Crippen molar-refractivity contribution in [3.8, 4) is 5.75 Å². The minimum absolute atomic E-state index is 0. The van der Waals surface area contributed by atoms with Crippen LogP contribution in [0.1, 0.15) is 49.0 Å². The molecule has 120 valence electrons. The molecule has 1 saturated heterocycles. The highest BCUT2D eigenvalue weighted by Gasteiger charge is 2.23. The summed E-state index contributed by atoms with van der Waals surface area (Å²) >= 11 is 0. The van der Waals surface area contributed by atoms with Crippen molar-refractivity contribution in [1.82, 2.24) is 4.90 Å². The topological polar surface area (TPSA) is 36.6 Å². The maximum absolute atomic E-state index is 10.4. The predicted octanol–water partition coefficient (Wildman–Crippen LogP) is 4.42. The summed E-state index contributed by atoms with van der Waals surface area (Å²) in [6.45, 7) is 3.15. The van der Waals surface area contributed by atoms with Crippen LogP contribution in [0.15, 0.2) is 16.5 Å². The summed E-state index contributed by atoms with van der Waals surface area (Å²) in [5.41, 5.74) is 3.41. The maximum Gasteiger partial charge on any atom is 0.135 e. The number of hydrogen-bond donors (Lipinski definition) is 1. The van der Waals surface area contributed by atoms with Crippen LogP contribution in [0, 0.1) is 0 Å². The van der Waals surface area contributed by atoms with Gasteiger partial charge in [0, 0.05) is 29.5 Å². The van der Waals surface area contributed by atoms with Crippen molar-refractivity contribution in [1.29, 1.82) is 0 Å². The smallest absolute Gasteiger partial charge is 0.135 e. The summed E-state index contributed by atoms with van der Waals surface area (Å²) in [5.74, 6) is 1.59. The number of halogens is 1. The number of benzene rings is 1. The fourth-order valence-electron chi connectivity index (χ4n) is 3.92. The zero-order valence-corrected chi connectivity index (χ0v) is 13.8. The summed E-state index contributed by atoms with van der Waals surface area (Å²) < 4.78 is 6.05. The molecule has 0 radical (unpaired) electrons. The molecule has 1 aromatic carbocycles. The maximum atomic E-state index is 10.4. The molecule has 1 aromatic heterocycles. The lowest BCUT2D eigenvalue weighted by Crippen LogP contribution is -2.29. The zero-order chi connectivity index (χ0) is 14.2. The summed E-state index contributed by atoms with van der Waals surface area (Å²) in [7, 11) is 0. The van der Waals surface area contributed by atoms with Gasteiger partial charge >= 0.3 is 0 Å². The molecule has 4 heteroatoms. The number of phenolic OH excluding ortho intramolecular Hbond substituents is 1. The van der Waals surface area contributed by atoms with Gasteiger partial charge in [-0.25, -0.2) is 0 Å². The van der Waals surface area contributed by atoms with Crippen molar-refractivity contribution < 1.29 is 9.52 Å². The molecule has 1 fully saturated rings. The molecule has 3 nitrogen and oxygen atoms in total. The number of phenols is 1. The molecular formula is C18H24ClNO2. The monoisotopic (exact) mass is 321 g/mol. The third-order valence-corrected chi connectivity index (χ3v) is 5.03. The number of rotatable bonds is 2. The highest BCUT2D eigenvalue weighted by Crippen LogP contribution is 2.38. The van der Waals surface area contributed by atoms with Gasteiger partial charge in [0.1, 0.15) is 17.1 Å². The van der Waals surface area contributed by atoms with Crippen molar-refractivity contribution in [3.05, 3.63) is 29.0 Å². The Labute approximate surface area is 137 Å². The number of piperidine rings is 1. The number of aryl methyl sites for hydroxylation is 2. The van der Waals surface area contributed by atoms with Gasteiger partial charge in [0.2, 0.25) is 0 Å². The number of hydrogen-bond acceptors (Lipinski definition) is 3. The lowest BCUT2D eigenvalue weighted by Gasteiger charge is -2.27. The molecule has 2 heterocycles. The van der Waals surface area contributed by atoms with Gasteiger partial charge < -0.3 is 9.52 Å². The molecule has 4 rings (SSSR count). The van der Waals surface area contributed by atoms with Crippen LogP contribution in [0.25, 0.3) is 11.0 Å². The standard InChI is InChI=1S/C18H23NO2.ClH/c20-15-8-9-17-18(13-6-2-3-7-16(13)21-17)14(15)12-19-10-4-1-5-11-19;/h8-9,20H,1-7,10-12H2;1H. The van der Waals surface area contributed by atoms with Crippen molar-refractivity contribution in [2.24, 2.45) is 0 Å². The minimum Gasteiger partial charge on any atom is -0.508 e. The third kappa shape index (κ3) is 2.72. The van der Waals surface area contributed by atoms with Crippen LogP contribution in [0.3, 0.4) is 0 Å². The Kier molecular flexibility index (Phi) is 4.65. The zero-order valence-electron chi connectivity index (χ0n) is 12.9. The second kappa shape index (κ2) is 6.51. The first kappa shape index (κ1) is 15.7. The Bertz CT molecular complexity index is 659. The highest BCUT2D eigenvalue weighted by molar-refractivity contribution is 5.88. The van der Waals surface area contributed by atoms with E-state index in [2.05, 4.69) is 4.90 Å². The SMILES string of the molecule is Cl.Oc1ccc2oc3c(c2c1CN1CCCCC1)CCCC3. The molecule has 1 aliphatic carbocycles. The van der Waals surface area contributed by atoms with Crippen molar-refractivity contribution >= 4 is 23.4 Å². The summed E-state index contributed by atoms with van der Waals surface area (Å²) in [6, 6.07) is 3.74. The highest BCUT2D eigenvalue weighted by atomic mass is 35.5. The summed E-state index contributed by atoms with van der Waals surface area (Å²) in [5, 5.41) is 11.6. The molecule has 2 aliphatic rings. The van der Waals surface area contributed by atoms with Gasteiger partial charge in [0.05, 0.1) is 0 Å². The second-order valence-corrected chi connectivity index (χ2v) is 6.48. The van der Waals surface area contributed by atoms with Gasteiger partial charge in [-0.15, -0.1) is 12.4 Å². The molecule has 0 bridgehead atoms. The normalized spacial score (nSPS) is 18.9. The molecule has 1 N–H and O–H groups in total. The molecule has 0 saturated carbocycles. The van der Waals surface area contributed by atoms with Gasteiger partial charge in [-0.1, -0.05) is 6.42 Å². The van der Waals surface area contributed by atoms with Gasteiger partial charge in [-0.2, -0.15) is 0 Å².